The van der Waals surface area contributed by atoms with Crippen LogP contribution in [-0.4, -0.2) is 27.8 Å². The standard InChI is InChI=1S/C22H23N5O2S/c1-12-18(25-27-21(29)30-12)13-5-10-17-16(11-13)19(20(28)23-17)26-24-15-8-6-14(7-9-15)22(2,3)4/h5-12,24H,1-4H3,(H,27,29)(H,23,26,28). The molecule has 4 rings (SSSR count). The van der Waals surface area contributed by atoms with E-state index in [-0.39, 0.29) is 21.8 Å². The van der Waals surface area contributed by atoms with Gasteiger partial charge in [-0.25, -0.2) is 5.43 Å². The van der Waals surface area contributed by atoms with Crippen LogP contribution in [0.2, 0.25) is 0 Å². The first-order chi connectivity index (χ1) is 14.2. The van der Waals surface area contributed by atoms with Crippen molar-refractivity contribution in [3.63, 3.8) is 0 Å². The molecule has 0 saturated carbocycles. The van der Waals surface area contributed by atoms with E-state index >= 15 is 0 Å². The van der Waals surface area contributed by atoms with Crippen molar-refractivity contribution in [1.29, 1.82) is 0 Å². The van der Waals surface area contributed by atoms with Crippen LogP contribution in [0.5, 0.6) is 0 Å². The van der Waals surface area contributed by atoms with Gasteiger partial charge in [-0.2, -0.15) is 10.2 Å². The van der Waals surface area contributed by atoms with Crippen LogP contribution in [-0.2, 0) is 10.2 Å². The predicted molar refractivity (Wildman–Crippen MR) is 122 cm³/mol. The van der Waals surface area contributed by atoms with Gasteiger partial charge in [0.05, 0.1) is 22.3 Å². The molecule has 8 heteroatoms. The van der Waals surface area contributed by atoms with Gasteiger partial charge in [-0.1, -0.05) is 50.7 Å². The molecule has 0 bridgehead atoms. The first-order valence-corrected chi connectivity index (χ1v) is 10.5. The predicted octanol–water partition coefficient (Wildman–Crippen LogP) is 4.30. The van der Waals surface area contributed by atoms with Crippen molar-refractivity contribution in [2.45, 2.75) is 38.4 Å². The van der Waals surface area contributed by atoms with Crippen LogP contribution in [0.1, 0.15) is 44.4 Å². The Morgan fingerprint density at radius 3 is 2.50 bits per heavy atom. The zero-order chi connectivity index (χ0) is 21.5. The molecule has 0 spiro atoms. The normalized spacial score (nSPS) is 19.8. The average Bonchev–Trinajstić information content (AvgIpc) is 3.00. The number of benzene rings is 2. The van der Waals surface area contributed by atoms with Gasteiger partial charge >= 0.3 is 0 Å². The van der Waals surface area contributed by atoms with E-state index < -0.39 is 0 Å². The lowest BCUT2D eigenvalue weighted by atomic mass is 9.87. The van der Waals surface area contributed by atoms with E-state index in [9.17, 15) is 9.59 Å². The van der Waals surface area contributed by atoms with Crippen LogP contribution in [0.25, 0.3) is 0 Å². The highest BCUT2D eigenvalue weighted by atomic mass is 32.2. The van der Waals surface area contributed by atoms with Crippen molar-refractivity contribution in [2.75, 3.05) is 10.7 Å². The number of nitrogens with one attached hydrogen (secondary N) is 3. The monoisotopic (exact) mass is 421 g/mol. The highest BCUT2D eigenvalue weighted by Gasteiger charge is 2.29. The molecule has 0 fully saturated rings. The second-order valence-electron chi connectivity index (χ2n) is 8.27. The van der Waals surface area contributed by atoms with Crippen LogP contribution in [0.4, 0.5) is 16.2 Å². The number of hydrogen-bond donors (Lipinski definition) is 3. The lowest BCUT2D eigenvalue weighted by Crippen LogP contribution is -2.29. The summed E-state index contributed by atoms with van der Waals surface area (Å²) < 4.78 is 0. The van der Waals surface area contributed by atoms with Crippen molar-refractivity contribution in [1.82, 2.24) is 5.43 Å². The zero-order valence-electron chi connectivity index (χ0n) is 17.2. The molecule has 3 N–H and O–H groups in total. The van der Waals surface area contributed by atoms with Crippen LogP contribution < -0.4 is 16.2 Å². The quantitative estimate of drug-likeness (QED) is 0.644. The van der Waals surface area contributed by atoms with Gasteiger partial charge in [0.25, 0.3) is 11.1 Å². The lowest BCUT2D eigenvalue weighted by molar-refractivity contribution is -0.110. The molecule has 154 valence electrons. The molecule has 7 nitrogen and oxygen atoms in total. The molecule has 1 unspecified atom stereocenters. The summed E-state index contributed by atoms with van der Waals surface area (Å²) in [5, 5.41) is 11.1. The fourth-order valence-corrected chi connectivity index (χ4v) is 4.05. The van der Waals surface area contributed by atoms with Gasteiger partial charge < -0.3 is 5.32 Å². The number of amides is 2. The van der Waals surface area contributed by atoms with E-state index in [1.54, 1.807) is 0 Å². The molecule has 2 heterocycles. The molecule has 1 atom stereocenters. The van der Waals surface area contributed by atoms with Crippen LogP contribution >= 0.6 is 11.8 Å². The Labute approximate surface area is 179 Å². The number of hydrogen-bond acceptors (Lipinski definition) is 6. The second-order valence-corrected chi connectivity index (χ2v) is 9.58. The smallest absolute Gasteiger partial charge is 0.299 e. The van der Waals surface area contributed by atoms with Crippen LogP contribution in [0, 0.1) is 0 Å². The number of thioether (sulfide) groups is 1. The summed E-state index contributed by atoms with van der Waals surface area (Å²) in [7, 11) is 0. The molecule has 2 aliphatic rings. The van der Waals surface area contributed by atoms with Gasteiger partial charge in [-0.15, -0.1) is 0 Å². The maximum absolute atomic E-state index is 12.5. The molecule has 0 aromatic heterocycles. The number of rotatable bonds is 3. The molecule has 2 aromatic rings. The summed E-state index contributed by atoms with van der Waals surface area (Å²) in [6, 6.07) is 13.6. The molecule has 0 radical (unpaired) electrons. The Balaban J connectivity index is 1.61. The van der Waals surface area contributed by atoms with Gasteiger partial charge in [0.2, 0.25) is 0 Å². The maximum Gasteiger partial charge on any atom is 0.299 e. The molecule has 0 saturated heterocycles. The third-order valence-electron chi connectivity index (χ3n) is 5.02. The first-order valence-electron chi connectivity index (χ1n) is 9.67. The molecular formula is C22H23N5O2S. The SMILES string of the molecule is CC1SC(=O)NN=C1c1ccc2c(c1)/C(=N/Nc1ccc(C(C)(C)C)cc1)C(=O)N2. The third kappa shape index (κ3) is 3.95. The van der Waals surface area contributed by atoms with E-state index in [4.69, 9.17) is 0 Å². The Bertz CT molecular complexity index is 1080. The largest absolute Gasteiger partial charge is 0.320 e. The Morgan fingerprint density at radius 1 is 1.10 bits per heavy atom. The summed E-state index contributed by atoms with van der Waals surface area (Å²) in [5.74, 6) is -0.262. The maximum atomic E-state index is 12.5. The highest BCUT2D eigenvalue weighted by Crippen LogP contribution is 2.28. The summed E-state index contributed by atoms with van der Waals surface area (Å²) >= 11 is 1.18. The van der Waals surface area contributed by atoms with E-state index in [1.165, 1.54) is 17.3 Å². The van der Waals surface area contributed by atoms with Crippen molar-refractivity contribution >= 4 is 45.7 Å². The van der Waals surface area contributed by atoms with Crippen molar-refractivity contribution in [3.05, 3.63) is 59.2 Å². The number of anilines is 2. The topological polar surface area (TPSA) is 94.9 Å². The zero-order valence-corrected chi connectivity index (χ0v) is 18.1. The van der Waals surface area contributed by atoms with Gasteiger partial charge in [0.15, 0.2) is 5.71 Å². The van der Waals surface area contributed by atoms with Gasteiger partial charge in [0.1, 0.15) is 0 Å². The number of carbonyl (C=O) groups excluding carboxylic acids is 2. The lowest BCUT2D eigenvalue weighted by Gasteiger charge is -2.19. The molecular weight excluding hydrogens is 398 g/mol. The van der Waals surface area contributed by atoms with Gasteiger partial charge in [-0.05, 0) is 47.7 Å². The Hall–Kier alpha value is -3.13. The van der Waals surface area contributed by atoms with E-state index in [1.807, 2.05) is 37.3 Å². The van der Waals surface area contributed by atoms with Crippen molar-refractivity contribution in [3.8, 4) is 0 Å². The van der Waals surface area contributed by atoms with Gasteiger partial charge in [-0.3, -0.25) is 15.0 Å². The summed E-state index contributed by atoms with van der Waals surface area (Å²) in [6.07, 6.45) is 0. The molecule has 30 heavy (non-hydrogen) atoms. The second kappa shape index (κ2) is 7.60. The minimum Gasteiger partial charge on any atom is -0.320 e. The van der Waals surface area contributed by atoms with E-state index in [2.05, 4.69) is 59.3 Å². The average molecular weight is 422 g/mol. The van der Waals surface area contributed by atoms with Gasteiger partial charge in [0, 0.05) is 5.56 Å². The molecule has 2 amide bonds. The summed E-state index contributed by atoms with van der Waals surface area (Å²) in [5.41, 5.74) is 10.9. The minimum absolute atomic E-state index is 0.0713. The number of hydrazone groups is 2. The number of carbonyl (C=O) groups is 2. The summed E-state index contributed by atoms with van der Waals surface area (Å²) in [6.45, 7) is 8.41. The van der Waals surface area contributed by atoms with Crippen molar-refractivity contribution in [2.24, 2.45) is 10.2 Å². The Morgan fingerprint density at radius 2 is 1.83 bits per heavy atom. The minimum atomic E-state index is -0.262. The van der Waals surface area contributed by atoms with E-state index in [0.29, 0.717) is 17.0 Å². The van der Waals surface area contributed by atoms with Crippen LogP contribution in [0.3, 0.4) is 0 Å². The molecule has 0 aliphatic carbocycles. The fourth-order valence-electron chi connectivity index (χ4n) is 3.33. The Kier molecular flexibility index (Phi) is 5.11. The third-order valence-corrected chi connectivity index (χ3v) is 5.90. The summed E-state index contributed by atoms with van der Waals surface area (Å²) in [4.78, 5) is 24.0. The number of fused-ring (bicyclic) bond motifs is 1. The van der Waals surface area contributed by atoms with Crippen molar-refractivity contribution < 1.29 is 9.59 Å². The molecule has 2 aromatic carbocycles. The molecule has 2 aliphatic heterocycles. The van der Waals surface area contributed by atoms with Crippen LogP contribution in [0.15, 0.2) is 52.7 Å². The van der Waals surface area contributed by atoms with E-state index in [0.717, 1.165) is 17.0 Å². The fraction of sp³-hybridized carbons (Fsp3) is 0.273. The number of nitrogens with zero attached hydrogens (tertiary/aromatic N) is 2. The highest BCUT2D eigenvalue weighted by molar-refractivity contribution is 8.14. The first kappa shape index (κ1) is 20.2.